The third kappa shape index (κ3) is 5.55. The Labute approximate surface area is 220 Å². The smallest absolute Gasteiger partial charge is 0.417 e. The van der Waals surface area contributed by atoms with E-state index in [-0.39, 0.29) is 29.7 Å². The van der Waals surface area contributed by atoms with Gasteiger partial charge in [0.1, 0.15) is 17.6 Å². The minimum absolute atomic E-state index is 0.0691. The molecule has 0 amide bonds. The Morgan fingerprint density at radius 2 is 1.92 bits per heavy atom. The molecule has 0 bridgehead atoms. The minimum atomic E-state index is -4.51. The molecular weight excluding hydrogens is 513 g/mol. The summed E-state index contributed by atoms with van der Waals surface area (Å²) in [6, 6.07) is 16.3. The zero-order valence-electron chi connectivity index (χ0n) is 20.7. The molecule has 0 unspecified atom stereocenters. The summed E-state index contributed by atoms with van der Waals surface area (Å²) in [4.78, 5) is 20.3. The Kier molecular flexibility index (Phi) is 6.94. The normalized spacial score (nSPS) is 12.2. The number of aryl methyl sites for hydroxylation is 1. The third-order valence-corrected chi connectivity index (χ3v) is 6.26. The van der Waals surface area contributed by atoms with E-state index >= 15 is 0 Å². The van der Waals surface area contributed by atoms with Gasteiger partial charge < -0.3 is 14.2 Å². The second-order valence-corrected chi connectivity index (χ2v) is 8.71. The largest absolute Gasteiger partial charge is 0.497 e. The summed E-state index contributed by atoms with van der Waals surface area (Å²) >= 11 is 0. The summed E-state index contributed by atoms with van der Waals surface area (Å²) in [5.41, 5.74) is 2.36. The number of fused-ring (bicyclic) bond motifs is 3. The van der Waals surface area contributed by atoms with Crippen molar-refractivity contribution in [2.75, 3.05) is 13.7 Å². The molecule has 0 saturated carbocycles. The number of alkyl halides is 3. The van der Waals surface area contributed by atoms with Crippen LogP contribution in [0, 0.1) is 11.3 Å². The van der Waals surface area contributed by atoms with E-state index in [1.54, 1.807) is 35.9 Å². The quantitative estimate of drug-likeness (QED) is 0.322. The average molecular weight is 534 g/mol. The first-order valence-electron chi connectivity index (χ1n) is 11.9. The average Bonchev–Trinajstić information content (AvgIpc) is 2.93. The fraction of sp³-hybridized carbons (Fsp3) is 0.214. The first-order chi connectivity index (χ1) is 18.7. The van der Waals surface area contributed by atoms with Crippen molar-refractivity contribution in [3.63, 3.8) is 0 Å². The molecule has 198 valence electrons. The monoisotopic (exact) mass is 534 g/mol. The predicted octanol–water partition coefficient (Wildman–Crippen LogP) is 5.17. The number of hydrogen-bond acceptors (Lipinski definition) is 7. The summed E-state index contributed by atoms with van der Waals surface area (Å²) < 4.78 is 56.5. The van der Waals surface area contributed by atoms with E-state index in [1.807, 2.05) is 24.3 Å². The number of halogens is 3. The standard InChI is InChI=1S/C28H21F3N4O4/c1-37-21-4-5-22-18(13-21)8-10-35-23(22)14-26(34-27(35)36)38-11-9-17-2-6-24(19(12-17)15-32)39-25-7-3-20(16-33-25)28(29,30)31/h2-7,12-14,16H,8-11H2,1H3. The van der Waals surface area contributed by atoms with Crippen LogP contribution in [0.15, 0.2) is 65.6 Å². The third-order valence-electron chi connectivity index (χ3n) is 6.26. The van der Waals surface area contributed by atoms with Crippen LogP contribution in [0.1, 0.15) is 22.3 Å². The van der Waals surface area contributed by atoms with Gasteiger partial charge in [-0.05, 0) is 53.9 Å². The molecule has 0 fully saturated rings. The van der Waals surface area contributed by atoms with Crippen LogP contribution >= 0.6 is 0 Å². The number of methoxy groups -OCH3 is 1. The lowest BCUT2D eigenvalue weighted by molar-refractivity contribution is -0.137. The fourth-order valence-electron chi connectivity index (χ4n) is 4.29. The number of rotatable bonds is 7. The van der Waals surface area contributed by atoms with E-state index in [4.69, 9.17) is 14.2 Å². The summed E-state index contributed by atoms with van der Waals surface area (Å²) in [6.45, 7) is 0.700. The molecule has 0 aliphatic carbocycles. The fourth-order valence-corrected chi connectivity index (χ4v) is 4.29. The molecule has 0 spiro atoms. The second-order valence-electron chi connectivity index (χ2n) is 8.71. The summed E-state index contributed by atoms with van der Waals surface area (Å²) in [7, 11) is 1.61. The van der Waals surface area contributed by atoms with Gasteiger partial charge in [0.15, 0.2) is 0 Å². The highest BCUT2D eigenvalue weighted by atomic mass is 19.4. The van der Waals surface area contributed by atoms with Crippen molar-refractivity contribution >= 4 is 0 Å². The highest BCUT2D eigenvalue weighted by molar-refractivity contribution is 5.67. The van der Waals surface area contributed by atoms with Gasteiger partial charge in [-0.15, -0.1) is 0 Å². The molecule has 1 aliphatic heterocycles. The zero-order valence-corrected chi connectivity index (χ0v) is 20.7. The number of nitrogens with zero attached hydrogens (tertiary/aromatic N) is 4. The Bertz CT molecular complexity index is 1630. The number of pyridine rings is 1. The number of nitriles is 1. The maximum atomic E-state index is 12.7. The molecule has 8 nitrogen and oxygen atoms in total. The molecule has 39 heavy (non-hydrogen) atoms. The van der Waals surface area contributed by atoms with E-state index < -0.39 is 17.4 Å². The molecule has 11 heteroatoms. The van der Waals surface area contributed by atoms with E-state index in [1.165, 1.54) is 0 Å². The molecule has 5 rings (SSSR count). The van der Waals surface area contributed by atoms with Gasteiger partial charge in [-0.25, -0.2) is 9.78 Å². The van der Waals surface area contributed by atoms with E-state index in [0.29, 0.717) is 25.6 Å². The van der Waals surface area contributed by atoms with E-state index in [9.17, 15) is 23.2 Å². The molecule has 1 aliphatic rings. The van der Waals surface area contributed by atoms with Crippen LogP contribution in [-0.2, 0) is 25.6 Å². The first kappa shape index (κ1) is 25.8. The lowest BCUT2D eigenvalue weighted by Crippen LogP contribution is -2.28. The molecule has 4 aromatic rings. The maximum absolute atomic E-state index is 12.7. The highest BCUT2D eigenvalue weighted by Crippen LogP contribution is 2.33. The topological polar surface area (TPSA) is 99.3 Å². The minimum Gasteiger partial charge on any atom is -0.497 e. The molecule has 2 aromatic carbocycles. The molecular formula is C28H21F3N4O4. The van der Waals surface area contributed by atoms with Crippen molar-refractivity contribution in [1.29, 1.82) is 5.26 Å². The van der Waals surface area contributed by atoms with Crippen molar-refractivity contribution in [2.45, 2.75) is 25.6 Å². The van der Waals surface area contributed by atoms with Crippen LogP contribution in [-0.4, -0.2) is 28.3 Å². The Hall–Kier alpha value is -4.85. The Balaban J connectivity index is 1.27. The Morgan fingerprint density at radius 1 is 1.08 bits per heavy atom. The van der Waals surface area contributed by atoms with Gasteiger partial charge in [0.2, 0.25) is 11.8 Å². The van der Waals surface area contributed by atoms with Gasteiger partial charge in [-0.2, -0.15) is 23.4 Å². The summed E-state index contributed by atoms with van der Waals surface area (Å²) in [5.74, 6) is 1.04. The van der Waals surface area contributed by atoms with Crippen LogP contribution < -0.4 is 19.9 Å². The number of aromatic nitrogens is 3. The lowest BCUT2D eigenvalue weighted by Gasteiger charge is -2.22. The van der Waals surface area contributed by atoms with Crippen molar-refractivity contribution < 1.29 is 27.4 Å². The van der Waals surface area contributed by atoms with E-state index in [0.717, 1.165) is 40.3 Å². The van der Waals surface area contributed by atoms with Crippen molar-refractivity contribution in [3.8, 4) is 40.6 Å². The second kappa shape index (κ2) is 10.5. The van der Waals surface area contributed by atoms with Crippen LogP contribution in [0.25, 0.3) is 11.3 Å². The Morgan fingerprint density at radius 3 is 2.64 bits per heavy atom. The molecule has 0 N–H and O–H groups in total. The first-order valence-corrected chi connectivity index (χ1v) is 11.9. The van der Waals surface area contributed by atoms with Gasteiger partial charge in [0.05, 0.1) is 30.5 Å². The van der Waals surface area contributed by atoms with Crippen LogP contribution in [0.2, 0.25) is 0 Å². The number of hydrogen-bond donors (Lipinski definition) is 0. The summed E-state index contributed by atoms with van der Waals surface area (Å²) in [5, 5.41) is 9.55. The van der Waals surface area contributed by atoms with Crippen molar-refractivity contribution in [2.24, 2.45) is 0 Å². The van der Waals surface area contributed by atoms with E-state index in [2.05, 4.69) is 9.97 Å². The molecule has 0 radical (unpaired) electrons. The number of ether oxygens (including phenoxy) is 3. The molecule has 0 saturated heterocycles. The zero-order chi connectivity index (χ0) is 27.6. The van der Waals surface area contributed by atoms with Gasteiger partial charge in [0, 0.05) is 36.9 Å². The maximum Gasteiger partial charge on any atom is 0.417 e. The predicted molar refractivity (Wildman–Crippen MR) is 134 cm³/mol. The van der Waals surface area contributed by atoms with Crippen LogP contribution in [0.3, 0.4) is 0 Å². The number of benzene rings is 2. The van der Waals surface area contributed by atoms with Crippen molar-refractivity contribution in [3.05, 3.63) is 93.5 Å². The van der Waals surface area contributed by atoms with Crippen LogP contribution in [0.5, 0.6) is 23.3 Å². The van der Waals surface area contributed by atoms with Gasteiger partial charge >= 0.3 is 11.9 Å². The van der Waals surface area contributed by atoms with Crippen LogP contribution in [0.4, 0.5) is 13.2 Å². The molecule has 2 aromatic heterocycles. The molecule has 3 heterocycles. The van der Waals surface area contributed by atoms with Gasteiger partial charge in [0.25, 0.3) is 0 Å². The van der Waals surface area contributed by atoms with Gasteiger partial charge in [-0.3, -0.25) is 4.57 Å². The van der Waals surface area contributed by atoms with Crippen molar-refractivity contribution in [1.82, 2.24) is 14.5 Å². The summed E-state index contributed by atoms with van der Waals surface area (Å²) in [6.07, 6.45) is -2.74. The highest BCUT2D eigenvalue weighted by Gasteiger charge is 2.30. The molecule has 0 atom stereocenters. The van der Waals surface area contributed by atoms with Gasteiger partial charge in [-0.1, -0.05) is 6.07 Å². The lowest BCUT2D eigenvalue weighted by atomic mass is 9.97. The SMILES string of the molecule is COc1ccc2c(c1)CCn1c-2cc(OCCc2ccc(Oc3ccc(C(F)(F)F)cn3)c(C#N)c2)nc1=O.